The van der Waals surface area contributed by atoms with Crippen molar-refractivity contribution in [2.45, 2.75) is 0 Å². The minimum Gasteiger partial charge on any atom is -0.497 e. The van der Waals surface area contributed by atoms with E-state index < -0.39 is 5.91 Å². The van der Waals surface area contributed by atoms with E-state index in [1.54, 1.807) is 60.3 Å². The number of fused-ring (bicyclic) bond motifs is 1. The van der Waals surface area contributed by atoms with E-state index in [0.717, 1.165) is 0 Å². The molecular weight excluding hydrogens is 375 g/mol. The first kappa shape index (κ1) is 18.4. The van der Waals surface area contributed by atoms with Crippen LogP contribution in [-0.2, 0) is 0 Å². The van der Waals surface area contributed by atoms with Crippen LogP contribution in [0.25, 0.3) is 17.0 Å². The van der Waals surface area contributed by atoms with E-state index in [4.69, 9.17) is 9.47 Å². The molecule has 0 aliphatic heterocycles. The molecule has 7 nitrogen and oxygen atoms in total. The van der Waals surface area contributed by atoms with Crippen molar-refractivity contribution in [3.05, 3.63) is 72.4 Å². The first-order chi connectivity index (χ1) is 14.1. The zero-order valence-electron chi connectivity index (χ0n) is 15.7. The van der Waals surface area contributed by atoms with Gasteiger partial charge in [0.1, 0.15) is 28.7 Å². The van der Waals surface area contributed by atoms with Crippen LogP contribution in [-0.4, -0.2) is 34.5 Å². The number of ether oxygens (including phenoxy) is 2. The van der Waals surface area contributed by atoms with E-state index in [9.17, 15) is 9.18 Å². The molecule has 0 saturated carbocycles. The average Bonchev–Trinajstić information content (AvgIpc) is 3.14. The Hall–Kier alpha value is -3.94. The number of hydrogen-bond acceptors (Lipinski definition) is 5. The molecule has 29 heavy (non-hydrogen) atoms. The number of nitrogens with one attached hydrogen (secondary N) is 1. The molecule has 0 saturated heterocycles. The summed E-state index contributed by atoms with van der Waals surface area (Å²) in [6.45, 7) is 0. The number of carbonyl (C=O) groups excluding carboxylic acids is 1. The Balaban J connectivity index is 1.80. The van der Waals surface area contributed by atoms with Crippen LogP contribution in [0.1, 0.15) is 10.5 Å². The van der Waals surface area contributed by atoms with Crippen molar-refractivity contribution in [1.29, 1.82) is 0 Å². The number of amides is 1. The summed E-state index contributed by atoms with van der Waals surface area (Å²) in [4.78, 5) is 21.9. The fourth-order valence-electron chi connectivity index (χ4n) is 3.00. The molecule has 2 aromatic carbocycles. The van der Waals surface area contributed by atoms with Crippen LogP contribution in [0.4, 0.5) is 10.1 Å². The average molecular weight is 392 g/mol. The van der Waals surface area contributed by atoms with Crippen LogP contribution < -0.4 is 14.8 Å². The van der Waals surface area contributed by atoms with Gasteiger partial charge < -0.3 is 14.8 Å². The third kappa shape index (κ3) is 3.47. The van der Waals surface area contributed by atoms with Crippen molar-refractivity contribution in [3.63, 3.8) is 0 Å². The summed E-state index contributed by atoms with van der Waals surface area (Å²) in [6, 6.07) is 12.6. The van der Waals surface area contributed by atoms with E-state index >= 15 is 0 Å². The molecule has 0 radical (unpaired) electrons. The molecule has 4 aromatic rings. The molecular formula is C21H17FN4O3. The number of nitrogens with zero attached hydrogens (tertiary/aromatic N) is 3. The Morgan fingerprint density at radius 3 is 2.62 bits per heavy atom. The maximum Gasteiger partial charge on any atom is 0.275 e. The highest BCUT2D eigenvalue weighted by Crippen LogP contribution is 2.31. The zero-order valence-corrected chi connectivity index (χ0v) is 15.7. The lowest BCUT2D eigenvalue weighted by atomic mass is 10.1. The minimum absolute atomic E-state index is 0.276. The Labute approximate surface area is 165 Å². The summed E-state index contributed by atoms with van der Waals surface area (Å²) < 4.78 is 25.5. The maximum absolute atomic E-state index is 13.4. The summed E-state index contributed by atoms with van der Waals surface area (Å²) in [5, 5.41) is 2.85. The molecule has 146 valence electrons. The number of benzene rings is 2. The Bertz CT molecular complexity index is 1190. The van der Waals surface area contributed by atoms with Gasteiger partial charge in [-0.1, -0.05) is 0 Å². The van der Waals surface area contributed by atoms with Crippen molar-refractivity contribution in [1.82, 2.24) is 14.4 Å². The zero-order chi connectivity index (χ0) is 20.4. The lowest BCUT2D eigenvalue weighted by Gasteiger charge is -2.12. The van der Waals surface area contributed by atoms with Crippen LogP contribution >= 0.6 is 0 Å². The second kappa shape index (κ2) is 7.59. The van der Waals surface area contributed by atoms with E-state index in [1.807, 2.05) is 0 Å². The Morgan fingerprint density at radius 2 is 1.90 bits per heavy atom. The molecule has 0 fully saturated rings. The summed E-state index contributed by atoms with van der Waals surface area (Å²) in [5.74, 6) is 0.635. The fourth-order valence-corrected chi connectivity index (χ4v) is 3.00. The summed E-state index contributed by atoms with van der Waals surface area (Å²) >= 11 is 0. The highest BCUT2D eigenvalue weighted by molar-refractivity contribution is 6.08. The molecule has 2 aromatic heterocycles. The van der Waals surface area contributed by atoms with Gasteiger partial charge in [-0.25, -0.2) is 14.4 Å². The van der Waals surface area contributed by atoms with E-state index in [0.29, 0.717) is 34.2 Å². The van der Waals surface area contributed by atoms with Crippen LogP contribution in [0.2, 0.25) is 0 Å². The fraction of sp³-hybridized carbons (Fsp3) is 0.0952. The lowest BCUT2D eigenvalue weighted by molar-refractivity contribution is 0.102. The van der Waals surface area contributed by atoms with Crippen LogP contribution in [0.5, 0.6) is 11.5 Å². The second-order valence-corrected chi connectivity index (χ2v) is 6.13. The third-order valence-corrected chi connectivity index (χ3v) is 4.39. The SMILES string of the molecule is COc1ccc(NC(=O)c2c(-c3ccc(F)cc3)nc3ncccn23)c(OC)c1. The normalized spacial score (nSPS) is 10.7. The number of imidazole rings is 1. The maximum atomic E-state index is 13.4. The Morgan fingerprint density at radius 1 is 1.10 bits per heavy atom. The molecule has 4 rings (SSSR count). The molecule has 0 unspecified atom stereocenters. The Kier molecular flexibility index (Phi) is 4.82. The van der Waals surface area contributed by atoms with Crippen molar-refractivity contribution in [3.8, 4) is 22.8 Å². The molecule has 2 heterocycles. The molecule has 0 aliphatic rings. The highest BCUT2D eigenvalue weighted by Gasteiger charge is 2.22. The van der Waals surface area contributed by atoms with Crippen LogP contribution in [0.15, 0.2) is 60.9 Å². The molecule has 8 heteroatoms. The van der Waals surface area contributed by atoms with Gasteiger partial charge >= 0.3 is 0 Å². The molecule has 0 spiro atoms. The van der Waals surface area contributed by atoms with Crippen molar-refractivity contribution < 1.29 is 18.7 Å². The van der Waals surface area contributed by atoms with Gasteiger partial charge in [-0.05, 0) is 42.5 Å². The van der Waals surface area contributed by atoms with Gasteiger partial charge in [0.05, 0.1) is 19.9 Å². The van der Waals surface area contributed by atoms with Gasteiger partial charge in [0.2, 0.25) is 5.78 Å². The smallest absolute Gasteiger partial charge is 0.275 e. The summed E-state index contributed by atoms with van der Waals surface area (Å²) in [5.41, 5.74) is 1.75. The number of hydrogen-bond donors (Lipinski definition) is 1. The first-order valence-corrected chi connectivity index (χ1v) is 8.73. The largest absolute Gasteiger partial charge is 0.497 e. The van der Waals surface area contributed by atoms with Crippen molar-refractivity contribution in [2.24, 2.45) is 0 Å². The number of halogens is 1. The lowest BCUT2D eigenvalue weighted by Crippen LogP contribution is -2.16. The molecule has 0 aliphatic carbocycles. The first-order valence-electron chi connectivity index (χ1n) is 8.73. The van der Waals surface area contributed by atoms with Gasteiger partial charge in [-0.2, -0.15) is 0 Å². The van der Waals surface area contributed by atoms with E-state index in [2.05, 4.69) is 15.3 Å². The van der Waals surface area contributed by atoms with Crippen molar-refractivity contribution >= 4 is 17.4 Å². The molecule has 1 amide bonds. The van der Waals surface area contributed by atoms with Gasteiger partial charge in [0.25, 0.3) is 5.91 Å². The van der Waals surface area contributed by atoms with Gasteiger partial charge in [-0.15, -0.1) is 0 Å². The third-order valence-electron chi connectivity index (χ3n) is 4.39. The number of methoxy groups -OCH3 is 2. The van der Waals surface area contributed by atoms with Gasteiger partial charge in [-0.3, -0.25) is 9.20 Å². The van der Waals surface area contributed by atoms with Crippen molar-refractivity contribution in [2.75, 3.05) is 19.5 Å². The van der Waals surface area contributed by atoms with Gasteiger partial charge in [0.15, 0.2) is 0 Å². The topological polar surface area (TPSA) is 77.8 Å². The quantitative estimate of drug-likeness (QED) is 0.559. The monoisotopic (exact) mass is 392 g/mol. The highest BCUT2D eigenvalue weighted by atomic mass is 19.1. The molecule has 0 atom stereocenters. The molecule has 0 bridgehead atoms. The molecule has 1 N–H and O–H groups in total. The predicted octanol–water partition coefficient (Wildman–Crippen LogP) is 3.80. The second-order valence-electron chi connectivity index (χ2n) is 6.13. The summed E-state index contributed by atoms with van der Waals surface area (Å²) in [6.07, 6.45) is 3.29. The standard InChI is InChI=1S/C21H17FN4O3/c1-28-15-8-9-16(17(12-15)29-2)24-20(27)19-18(13-4-6-14(22)7-5-13)25-21-23-10-3-11-26(19)21/h3-12H,1-2H3,(H,24,27). The number of aromatic nitrogens is 3. The van der Waals surface area contributed by atoms with Crippen LogP contribution in [0, 0.1) is 5.82 Å². The van der Waals surface area contributed by atoms with E-state index in [1.165, 1.54) is 19.2 Å². The van der Waals surface area contributed by atoms with Crippen LogP contribution in [0.3, 0.4) is 0 Å². The number of anilines is 1. The van der Waals surface area contributed by atoms with E-state index in [-0.39, 0.29) is 11.5 Å². The minimum atomic E-state index is -0.409. The summed E-state index contributed by atoms with van der Waals surface area (Å²) in [7, 11) is 3.06. The number of rotatable bonds is 5. The number of carbonyl (C=O) groups is 1. The van der Waals surface area contributed by atoms with Gasteiger partial charge in [0, 0.05) is 24.0 Å². The predicted molar refractivity (Wildman–Crippen MR) is 106 cm³/mol.